The Kier molecular flexibility index (Phi) is 3.02. The minimum Gasteiger partial charge on any atom is -0.480 e. The summed E-state index contributed by atoms with van der Waals surface area (Å²) in [7, 11) is 0. The normalized spacial score (nSPS) is 11.7. The van der Waals surface area contributed by atoms with Crippen LogP contribution in [0.15, 0.2) is 42.5 Å². The summed E-state index contributed by atoms with van der Waals surface area (Å²) in [5.74, 6) is -1.64. The summed E-state index contributed by atoms with van der Waals surface area (Å²) in [4.78, 5) is 34.6. The van der Waals surface area contributed by atoms with Crippen molar-refractivity contribution in [3.8, 4) is 11.1 Å². The number of hydrogen-bond acceptors (Lipinski definition) is 3. The van der Waals surface area contributed by atoms with Crippen LogP contribution in [-0.2, 0) is 4.79 Å². The lowest BCUT2D eigenvalue weighted by molar-refractivity contribution is -0.135. The third-order valence-electron chi connectivity index (χ3n) is 3.39. The molecule has 5 nitrogen and oxygen atoms in total. The van der Waals surface area contributed by atoms with Crippen molar-refractivity contribution in [2.24, 2.45) is 0 Å². The van der Waals surface area contributed by atoms with Crippen LogP contribution in [0.1, 0.15) is 26.3 Å². The highest BCUT2D eigenvalue weighted by Crippen LogP contribution is 2.36. The number of amides is 1. The van der Waals surface area contributed by atoms with Crippen molar-refractivity contribution >= 4 is 17.7 Å². The molecule has 2 aromatic rings. The van der Waals surface area contributed by atoms with E-state index < -0.39 is 18.4 Å². The lowest BCUT2D eigenvalue weighted by atomic mass is 10.0. The van der Waals surface area contributed by atoms with E-state index in [2.05, 4.69) is 5.32 Å². The molecule has 0 heterocycles. The molecule has 1 amide bonds. The minimum atomic E-state index is -1.11. The second kappa shape index (κ2) is 4.86. The molecule has 0 radical (unpaired) electrons. The molecule has 2 aromatic carbocycles. The summed E-state index contributed by atoms with van der Waals surface area (Å²) in [5.41, 5.74) is 3.02. The van der Waals surface area contributed by atoms with Crippen LogP contribution < -0.4 is 5.32 Å². The Morgan fingerprint density at radius 3 is 2.33 bits per heavy atom. The average molecular weight is 281 g/mol. The number of carboxylic acid groups (broad SMARTS) is 1. The van der Waals surface area contributed by atoms with Gasteiger partial charge in [0.2, 0.25) is 0 Å². The predicted octanol–water partition coefficient (Wildman–Crippen LogP) is 1.71. The number of nitrogens with one attached hydrogen (secondary N) is 1. The fourth-order valence-corrected chi connectivity index (χ4v) is 2.43. The number of ketones is 1. The zero-order valence-corrected chi connectivity index (χ0v) is 10.9. The van der Waals surface area contributed by atoms with E-state index in [0.717, 1.165) is 5.56 Å². The molecule has 0 aliphatic heterocycles. The Morgan fingerprint density at radius 2 is 1.62 bits per heavy atom. The molecule has 0 atom stereocenters. The van der Waals surface area contributed by atoms with Crippen molar-refractivity contribution < 1.29 is 19.5 Å². The molecule has 1 aliphatic carbocycles. The van der Waals surface area contributed by atoms with Crippen LogP contribution in [0.2, 0.25) is 0 Å². The van der Waals surface area contributed by atoms with Gasteiger partial charge in [-0.3, -0.25) is 14.4 Å². The van der Waals surface area contributed by atoms with Crippen molar-refractivity contribution in [3.05, 3.63) is 59.2 Å². The van der Waals surface area contributed by atoms with Gasteiger partial charge in [-0.05, 0) is 29.3 Å². The number of aliphatic carboxylic acids is 1. The van der Waals surface area contributed by atoms with Crippen LogP contribution in [0, 0.1) is 0 Å². The Labute approximate surface area is 120 Å². The maximum Gasteiger partial charge on any atom is 0.322 e. The Morgan fingerprint density at radius 1 is 0.952 bits per heavy atom. The SMILES string of the molecule is O=C(O)CNC(=O)c1ccc2c(c1)-c1ccccc1C2=O. The van der Waals surface area contributed by atoms with Crippen LogP contribution in [0.5, 0.6) is 0 Å². The second-order valence-corrected chi connectivity index (χ2v) is 4.71. The van der Waals surface area contributed by atoms with Gasteiger partial charge in [-0.1, -0.05) is 24.3 Å². The molecule has 0 fully saturated rings. The highest BCUT2D eigenvalue weighted by molar-refractivity contribution is 6.22. The molecule has 1 aliphatic rings. The molecule has 0 spiro atoms. The van der Waals surface area contributed by atoms with Crippen LogP contribution in [0.3, 0.4) is 0 Å². The van der Waals surface area contributed by atoms with Gasteiger partial charge in [-0.15, -0.1) is 0 Å². The molecule has 0 saturated heterocycles. The highest BCUT2D eigenvalue weighted by Gasteiger charge is 2.26. The Bertz CT molecular complexity index is 780. The summed E-state index contributed by atoms with van der Waals surface area (Å²) in [6.07, 6.45) is 0. The molecular weight excluding hydrogens is 270 g/mol. The van der Waals surface area contributed by atoms with Gasteiger partial charge < -0.3 is 10.4 Å². The first-order valence-electron chi connectivity index (χ1n) is 6.36. The smallest absolute Gasteiger partial charge is 0.322 e. The van der Waals surface area contributed by atoms with Crippen LogP contribution in [0.4, 0.5) is 0 Å². The van der Waals surface area contributed by atoms with Crippen LogP contribution in [-0.4, -0.2) is 29.3 Å². The fraction of sp³-hybridized carbons (Fsp3) is 0.0625. The maximum atomic E-state index is 12.2. The Balaban J connectivity index is 1.99. The molecular formula is C16H11NO4. The molecule has 104 valence electrons. The number of benzene rings is 2. The standard InChI is InChI=1S/C16H11NO4/c18-14(19)8-17-16(21)9-5-6-12-13(7-9)10-3-1-2-4-11(10)15(12)20/h1-7H,8H2,(H,17,21)(H,18,19). The van der Waals surface area contributed by atoms with Gasteiger partial charge >= 0.3 is 5.97 Å². The molecule has 3 rings (SSSR count). The average Bonchev–Trinajstić information content (AvgIpc) is 2.78. The van der Waals surface area contributed by atoms with Crippen LogP contribution >= 0.6 is 0 Å². The molecule has 2 N–H and O–H groups in total. The monoisotopic (exact) mass is 281 g/mol. The van der Waals surface area contributed by atoms with Gasteiger partial charge in [0.15, 0.2) is 5.78 Å². The summed E-state index contributed by atoms with van der Waals surface area (Å²) in [6, 6.07) is 12.0. The van der Waals surface area contributed by atoms with E-state index in [1.54, 1.807) is 24.3 Å². The predicted molar refractivity (Wildman–Crippen MR) is 75.3 cm³/mol. The first kappa shape index (κ1) is 13.1. The number of hydrogen-bond donors (Lipinski definition) is 2. The number of rotatable bonds is 3. The van der Waals surface area contributed by atoms with Crippen molar-refractivity contribution in [1.82, 2.24) is 5.32 Å². The highest BCUT2D eigenvalue weighted by atomic mass is 16.4. The van der Waals surface area contributed by atoms with Gasteiger partial charge in [0.1, 0.15) is 6.54 Å². The van der Waals surface area contributed by atoms with Gasteiger partial charge in [-0.25, -0.2) is 0 Å². The molecule has 0 unspecified atom stereocenters. The third kappa shape index (κ3) is 2.18. The molecule has 0 saturated carbocycles. The van der Waals surface area contributed by atoms with Gasteiger partial charge in [0.05, 0.1) is 0 Å². The Hall–Kier alpha value is -2.95. The van der Waals surface area contributed by atoms with Crippen molar-refractivity contribution in [3.63, 3.8) is 0 Å². The zero-order chi connectivity index (χ0) is 15.0. The molecule has 5 heteroatoms. The van der Waals surface area contributed by atoms with E-state index in [-0.39, 0.29) is 5.78 Å². The van der Waals surface area contributed by atoms with Gasteiger partial charge in [0, 0.05) is 16.7 Å². The number of carbonyl (C=O) groups excluding carboxylic acids is 2. The largest absolute Gasteiger partial charge is 0.480 e. The van der Waals surface area contributed by atoms with E-state index in [0.29, 0.717) is 22.3 Å². The van der Waals surface area contributed by atoms with E-state index in [1.807, 2.05) is 12.1 Å². The minimum absolute atomic E-state index is 0.0573. The van der Waals surface area contributed by atoms with Crippen molar-refractivity contribution in [2.75, 3.05) is 6.54 Å². The van der Waals surface area contributed by atoms with Crippen molar-refractivity contribution in [1.29, 1.82) is 0 Å². The second-order valence-electron chi connectivity index (χ2n) is 4.71. The summed E-state index contributed by atoms with van der Waals surface area (Å²) in [6.45, 7) is -0.439. The lowest BCUT2D eigenvalue weighted by Gasteiger charge is -2.05. The van der Waals surface area contributed by atoms with E-state index in [1.165, 1.54) is 6.07 Å². The first-order valence-corrected chi connectivity index (χ1v) is 6.36. The van der Waals surface area contributed by atoms with Gasteiger partial charge in [0.25, 0.3) is 5.91 Å². The third-order valence-corrected chi connectivity index (χ3v) is 3.39. The van der Waals surface area contributed by atoms with E-state index in [9.17, 15) is 14.4 Å². The summed E-state index contributed by atoms with van der Waals surface area (Å²) >= 11 is 0. The van der Waals surface area contributed by atoms with E-state index in [4.69, 9.17) is 5.11 Å². The van der Waals surface area contributed by atoms with Gasteiger partial charge in [-0.2, -0.15) is 0 Å². The van der Waals surface area contributed by atoms with Crippen molar-refractivity contribution in [2.45, 2.75) is 0 Å². The summed E-state index contributed by atoms with van der Waals surface area (Å²) in [5, 5.41) is 10.9. The number of carboxylic acids is 1. The number of fused-ring (bicyclic) bond motifs is 3. The lowest BCUT2D eigenvalue weighted by Crippen LogP contribution is -2.29. The molecule has 21 heavy (non-hydrogen) atoms. The van der Waals surface area contributed by atoms with Crippen LogP contribution in [0.25, 0.3) is 11.1 Å². The number of carbonyl (C=O) groups is 3. The zero-order valence-electron chi connectivity index (χ0n) is 10.9. The quantitative estimate of drug-likeness (QED) is 0.765. The fourth-order valence-electron chi connectivity index (χ4n) is 2.43. The maximum absolute atomic E-state index is 12.2. The van der Waals surface area contributed by atoms with E-state index >= 15 is 0 Å². The first-order chi connectivity index (χ1) is 10.1. The topological polar surface area (TPSA) is 83.5 Å². The molecule has 0 aromatic heterocycles. The molecule has 0 bridgehead atoms. The summed E-state index contributed by atoms with van der Waals surface area (Å²) < 4.78 is 0.